The number of Topliss-reactive ketones (excluding diaryl/α,β-unsaturated/α-hetero) is 1. The normalized spacial score (nSPS) is 16.4. The van der Waals surface area contributed by atoms with E-state index in [2.05, 4.69) is 0 Å². The molecule has 40 heavy (non-hydrogen) atoms. The summed E-state index contributed by atoms with van der Waals surface area (Å²) in [4.78, 5) is 30.2. The van der Waals surface area contributed by atoms with Crippen LogP contribution in [0.1, 0.15) is 35.2 Å². The maximum atomic E-state index is 13.4. The lowest BCUT2D eigenvalue weighted by atomic mass is 9.93. The standard InChI is InChI=1S/C32H36N2O6/c1-6-39-24-13-14-25(21(2)18-24)30(35)28-29(34(17-16-33(3)4)32(37)31(28)36)23-12-15-26(27(19-23)38-5)40-20-22-10-8-7-9-11-22/h7-15,18-19,29,35H,6,16-17,20H2,1-5H3. The van der Waals surface area contributed by atoms with Crippen molar-refractivity contribution in [2.24, 2.45) is 0 Å². The molecule has 8 heteroatoms. The minimum Gasteiger partial charge on any atom is -0.507 e. The van der Waals surface area contributed by atoms with E-state index < -0.39 is 17.7 Å². The number of aliphatic hydroxyl groups is 1. The summed E-state index contributed by atoms with van der Waals surface area (Å²) in [5.74, 6) is 0.0554. The van der Waals surface area contributed by atoms with Gasteiger partial charge in [0, 0.05) is 18.7 Å². The van der Waals surface area contributed by atoms with Crippen LogP contribution in [0.3, 0.4) is 0 Å². The van der Waals surface area contributed by atoms with Crippen LogP contribution in [-0.4, -0.2) is 67.5 Å². The van der Waals surface area contributed by atoms with Crippen LogP contribution in [0.2, 0.25) is 0 Å². The van der Waals surface area contributed by atoms with Gasteiger partial charge in [-0.05, 0) is 75.0 Å². The van der Waals surface area contributed by atoms with Gasteiger partial charge in [-0.3, -0.25) is 9.59 Å². The Hall–Kier alpha value is -4.30. The molecule has 0 aliphatic carbocycles. The van der Waals surface area contributed by atoms with Crippen molar-refractivity contribution in [3.63, 3.8) is 0 Å². The molecular formula is C32H36N2O6. The number of aryl methyl sites for hydroxylation is 1. The average Bonchev–Trinajstić information content (AvgIpc) is 3.20. The number of hydrogen-bond acceptors (Lipinski definition) is 7. The Bertz CT molecular complexity index is 1400. The van der Waals surface area contributed by atoms with Crippen molar-refractivity contribution in [3.05, 3.63) is 94.6 Å². The van der Waals surface area contributed by atoms with Gasteiger partial charge in [0.1, 0.15) is 18.1 Å². The van der Waals surface area contributed by atoms with Crippen LogP contribution in [0.15, 0.2) is 72.3 Å². The van der Waals surface area contributed by atoms with E-state index in [4.69, 9.17) is 14.2 Å². The number of methoxy groups -OCH3 is 1. The van der Waals surface area contributed by atoms with E-state index in [1.165, 1.54) is 4.90 Å². The SMILES string of the molecule is CCOc1ccc(C(O)=C2C(=O)C(=O)N(CCN(C)C)C2c2ccc(OCc3ccccc3)c(OC)c2)c(C)c1. The molecule has 1 amide bonds. The second kappa shape index (κ2) is 12.7. The second-order valence-corrected chi connectivity index (χ2v) is 9.89. The van der Waals surface area contributed by atoms with Crippen LogP contribution in [0.5, 0.6) is 17.2 Å². The minimum atomic E-state index is -0.803. The van der Waals surface area contributed by atoms with Gasteiger partial charge in [0.25, 0.3) is 11.7 Å². The molecule has 3 aromatic carbocycles. The molecule has 3 aromatic rings. The van der Waals surface area contributed by atoms with Gasteiger partial charge >= 0.3 is 0 Å². The van der Waals surface area contributed by atoms with Crippen LogP contribution in [0.25, 0.3) is 5.76 Å². The number of hydrogen-bond donors (Lipinski definition) is 1. The number of likely N-dealkylation sites (tertiary alicyclic amines) is 1. The number of ketones is 1. The highest BCUT2D eigenvalue weighted by Crippen LogP contribution is 2.42. The number of ether oxygens (including phenoxy) is 3. The van der Waals surface area contributed by atoms with Crippen molar-refractivity contribution in [1.82, 2.24) is 9.80 Å². The zero-order valence-corrected chi connectivity index (χ0v) is 23.6. The van der Waals surface area contributed by atoms with E-state index in [0.717, 1.165) is 11.1 Å². The van der Waals surface area contributed by atoms with Gasteiger partial charge in [-0.15, -0.1) is 0 Å². The highest BCUT2D eigenvalue weighted by Gasteiger charge is 2.46. The number of benzene rings is 3. The third-order valence-corrected chi connectivity index (χ3v) is 6.83. The zero-order valence-electron chi connectivity index (χ0n) is 23.6. The van der Waals surface area contributed by atoms with Crippen molar-refractivity contribution in [3.8, 4) is 17.2 Å². The summed E-state index contributed by atoms with van der Waals surface area (Å²) < 4.78 is 17.2. The number of rotatable bonds is 11. The molecule has 0 spiro atoms. The Morgan fingerprint density at radius 2 is 1.73 bits per heavy atom. The molecule has 1 saturated heterocycles. The number of likely N-dealkylation sites (N-methyl/N-ethyl adjacent to an activating group) is 1. The van der Waals surface area contributed by atoms with E-state index in [0.29, 0.717) is 54.7 Å². The molecule has 1 atom stereocenters. The van der Waals surface area contributed by atoms with Crippen molar-refractivity contribution in [2.75, 3.05) is 40.9 Å². The van der Waals surface area contributed by atoms with E-state index in [-0.39, 0.29) is 11.3 Å². The summed E-state index contributed by atoms with van der Waals surface area (Å²) in [5, 5.41) is 11.5. The predicted molar refractivity (Wildman–Crippen MR) is 154 cm³/mol. The lowest BCUT2D eigenvalue weighted by Crippen LogP contribution is -2.35. The first-order valence-corrected chi connectivity index (χ1v) is 13.3. The number of amides is 1. The Morgan fingerprint density at radius 1 is 0.975 bits per heavy atom. The van der Waals surface area contributed by atoms with Crippen molar-refractivity contribution in [1.29, 1.82) is 0 Å². The topological polar surface area (TPSA) is 88.5 Å². The lowest BCUT2D eigenvalue weighted by Gasteiger charge is -2.27. The van der Waals surface area contributed by atoms with Gasteiger partial charge in [-0.1, -0.05) is 36.4 Å². The summed E-state index contributed by atoms with van der Waals surface area (Å²) in [5.41, 5.74) is 2.87. The number of aliphatic hydroxyl groups excluding tert-OH is 1. The molecule has 1 N–H and O–H groups in total. The first-order valence-electron chi connectivity index (χ1n) is 13.3. The quantitative estimate of drug-likeness (QED) is 0.207. The summed E-state index contributed by atoms with van der Waals surface area (Å²) in [6, 6.07) is 19.6. The summed E-state index contributed by atoms with van der Waals surface area (Å²) in [6.45, 7) is 5.43. The molecule has 1 aliphatic rings. The second-order valence-electron chi connectivity index (χ2n) is 9.89. The summed E-state index contributed by atoms with van der Waals surface area (Å²) >= 11 is 0. The first-order chi connectivity index (χ1) is 19.2. The lowest BCUT2D eigenvalue weighted by molar-refractivity contribution is -0.140. The van der Waals surface area contributed by atoms with Gasteiger partial charge in [-0.25, -0.2) is 0 Å². The maximum absolute atomic E-state index is 13.4. The predicted octanol–water partition coefficient (Wildman–Crippen LogP) is 4.96. The van der Waals surface area contributed by atoms with Crippen LogP contribution < -0.4 is 14.2 Å². The molecule has 1 aliphatic heterocycles. The van der Waals surface area contributed by atoms with Crippen molar-refractivity contribution in [2.45, 2.75) is 26.5 Å². The Morgan fingerprint density at radius 3 is 2.38 bits per heavy atom. The fraction of sp³-hybridized carbons (Fsp3) is 0.312. The monoisotopic (exact) mass is 544 g/mol. The van der Waals surface area contributed by atoms with Gasteiger partial charge in [0.15, 0.2) is 11.5 Å². The summed E-state index contributed by atoms with van der Waals surface area (Å²) in [7, 11) is 5.34. The van der Waals surface area contributed by atoms with Crippen LogP contribution in [-0.2, 0) is 16.2 Å². The highest BCUT2D eigenvalue weighted by molar-refractivity contribution is 6.46. The highest BCUT2D eigenvalue weighted by atomic mass is 16.5. The molecule has 0 bridgehead atoms. The maximum Gasteiger partial charge on any atom is 0.295 e. The van der Waals surface area contributed by atoms with E-state index in [1.54, 1.807) is 43.5 Å². The molecule has 0 radical (unpaired) electrons. The average molecular weight is 545 g/mol. The van der Waals surface area contributed by atoms with Crippen molar-refractivity contribution < 1.29 is 28.9 Å². The van der Waals surface area contributed by atoms with Crippen LogP contribution in [0, 0.1) is 6.92 Å². The number of carbonyl (C=O) groups excluding carboxylic acids is 2. The number of nitrogens with zero attached hydrogens (tertiary/aromatic N) is 2. The van der Waals surface area contributed by atoms with E-state index in [1.807, 2.05) is 63.2 Å². The number of carbonyl (C=O) groups is 2. The molecule has 1 unspecified atom stereocenters. The largest absolute Gasteiger partial charge is 0.507 e. The van der Waals surface area contributed by atoms with Crippen molar-refractivity contribution >= 4 is 17.4 Å². The third kappa shape index (κ3) is 6.13. The van der Waals surface area contributed by atoms with E-state index in [9.17, 15) is 14.7 Å². The van der Waals surface area contributed by atoms with E-state index >= 15 is 0 Å². The fourth-order valence-electron chi connectivity index (χ4n) is 4.78. The van der Waals surface area contributed by atoms with Gasteiger partial charge in [0.2, 0.25) is 0 Å². The molecule has 1 fully saturated rings. The molecule has 1 heterocycles. The zero-order chi connectivity index (χ0) is 28.8. The molecule has 0 aromatic heterocycles. The minimum absolute atomic E-state index is 0.0380. The molecule has 8 nitrogen and oxygen atoms in total. The molecular weight excluding hydrogens is 508 g/mol. The Balaban J connectivity index is 1.77. The summed E-state index contributed by atoms with van der Waals surface area (Å²) in [6.07, 6.45) is 0. The smallest absolute Gasteiger partial charge is 0.295 e. The first kappa shape index (κ1) is 28.7. The molecule has 210 valence electrons. The molecule has 0 saturated carbocycles. The van der Waals surface area contributed by atoms with Crippen LogP contribution in [0.4, 0.5) is 0 Å². The molecule has 4 rings (SSSR count). The van der Waals surface area contributed by atoms with Gasteiger partial charge < -0.3 is 29.1 Å². The Labute approximate surface area is 235 Å². The third-order valence-electron chi connectivity index (χ3n) is 6.83. The van der Waals surface area contributed by atoms with Gasteiger partial charge in [-0.2, -0.15) is 0 Å². The Kier molecular flexibility index (Phi) is 9.11. The van der Waals surface area contributed by atoms with Crippen LogP contribution >= 0.6 is 0 Å². The fourth-order valence-corrected chi connectivity index (χ4v) is 4.78. The van der Waals surface area contributed by atoms with Gasteiger partial charge in [0.05, 0.1) is 25.3 Å².